The van der Waals surface area contributed by atoms with Crippen molar-refractivity contribution in [2.45, 2.75) is 18.9 Å². The van der Waals surface area contributed by atoms with Crippen molar-refractivity contribution in [2.24, 2.45) is 11.7 Å². The molecule has 1 aromatic carbocycles. The van der Waals surface area contributed by atoms with E-state index in [9.17, 15) is 4.79 Å². The number of nitrogens with two attached hydrogens (primary N) is 1. The molecule has 0 fully saturated rings. The number of rotatable bonds is 3. The maximum absolute atomic E-state index is 11.9. The van der Waals surface area contributed by atoms with Crippen molar-refractivity contribution >= 4 is 5.78 Å². The Morgan fingerprint density at radius 1 is 1.27 bits per heavy atom. The first-order chi connectivity index (χ1) is 7.25. The maximum Gasteiger partial charge on any atom is 0.144 e. The fourth-order valence-electron chi connectivity index (χ4n) is 1.89. The summed E-state index contributed by atoms with van der Waals surface area (Å²) in [6, 6.07) is 9.90. The summed E-state index contributed by atoms with van der Waals surface area (Å²) in [5.74, 6) is 0.297. The van der Waals surface area contributed by atoms with Gasteiger partial charge in [0.1, 0.15) is 5.78 Å². The van der Waals surface area contributed by atoms with Gasteiger partial charge in [0.25, 0.3) is 0 Å². The zero-order valence-corrected chi connectivity index (χ0v) is 8.60. The molecule has 0 saturated carbocycles. The summed E-state index contributed by atoms with van der Waals surface area (Å²) in [7, 11) is 0. The minimum Gasteiger partial charge on any atom is -0.324 e. The van der Waals surface area contributed by atoms with E-state index in [2.05, 4.69) is 0 Å². The Balaban J connectivity index is 1.96. The van der Waals surface area contributed by atoms with Gasteiger partial charge in [-0.05, 0) is 12.0 Å². The van der Waals surface area contributed by atoms with E-state index in [0.717, 1.165) is 12.0 Å². The lowest BCUT2D eigenvalue weighted by atomic mass is 9.97. The molecule has 1 aliphatic carbocycles. The summed E-state index contributed by atoms with van der Waals surface area (Å²) < 4.78 is 0. The highest BCUT2D eigenvalue weighted by molar-refractivity contribution is 5.85. The summed E-state index contributed by atoms with van der Waals surface area (Å²) in [4.78, 5) is 11.9. The molecule has 0 amide bonds. The second-order valence-corrected chi connectivity index (χ2v) is 4.02. The molecule has 0 aromatic heterocycles. The lowest BCUT2D eigenvalue weighted by Crippen LogP contribution is -2.20. The first kappa shape index (κ1) is 10.1. The van der Waals surface area contributed by atoms with Gasteiger partial charge in [0.2, 0.25) is 0 Å². The van der Waals surface area contributed by atoms with Crippen molar-refractivity contribution < 1.29 is 4.79 Å². The number of carbonyl (C=O) groups is 1. The third-order valence-electron chi connectivity index (χ3n) is 2.75. The van der Waals surface area contributed by atoms with E-state index in [4.69, 9.17) is 5.73 Å². The van der Waals surface area contributed by atoms with Gasteiger partial charge < -0.3 is 5.73 Å². The number of ketones is 1. The molecule has 2 N–H and O–H groups in total. The van der Waals surface area contributed by atoms with Gasteiger partial charge in [-0.3, -0.25) is 4.79 Å². The van der Waals surface area contributed by atoms with Crippen LogP contribution in [0.15, 0.2) is 42.5 Å². The van der Waals surface area contributed by atoms with E-state index in [1.165, 1.54) is 0 Å². The third-order valence-corrected chi connectivity index (χ3v) is 2.75. The Bertz CT molecular complexity index is 369. The standard InChI is InChI=1S/C13H15NO/c14-12-7-6-11(9-12)13(15)8-10-4-2-1-3-5-10/h1-7,11-12H,8-9,14H2. The molecule has 15 heavy (non-hydrogen) atoms. The Labute approximate surface area is 89.8 Å². The number of benzene rings is 1. The fraction of sp³-hybridized carbons (Fsp3) is 0.308. The van der Waals surface area contributed by atoms with Crippen LogP contribution < -0.4 is 5.73 Å². The zero-order valence-electron chi connectivity index (χ0n) is 8.60. The predicted octanol–water partition coefficient (Wildman–Crippen LogP) is 1.70. The van der Waals surface area contributed by atoms with Crippen LogP contribution in [0.5, 0.6) is 0 Å². The average Bonchev–Trinajstić information content (AvgIpc) is 2.66. The van der Waals surface area contributed by atoms with Gasteiger partial charge in [-0.15, -0.1) is 0 Å². The van der Waals surface area contributed by atoms with Gasteiger partial charge >= 0.3 is 0 Å². The Kier molecular flexibility index (Phi) is 2.97. The highest BCUT2D eigenvalue weighted by Gasteiger charge is 2.22. The molecule has 2 atom stereocenters. The van der Waals surface area contributed by atoms with Crippen molar-refractivity contribution in [3.63, 3.8) is 0 Å². The SMILES string of the molecule is NC1C=CC(C(=O)Cc2ccccc2)C1. The fourth-order valence-corrected chi connectivity index (χ4v) is 1.89. The number of hydrogen-bond donors (Lipinski definition) is 1. The van der Waals surface area contributed by atoms with E-state index in [1.54, 1.807) is 0 Å². The molecule has 2 rings (SSSR count). The number of Topliss-reactive ketones (excluding diaryl/α,β-unsaturated/α-hetero) is 1. The molecule has 0 radical (unpaired) electrons. The molecule has 0 heterocycles. The number of hydrogen-bond acceptors (Lipinski definition) is 2. The lowest BCUT2D eigenvalue weighted by Gasteiger charge is -2.07. The minimum atomic E-state index is 0.0280. The van der Waals surface area contributed by atoms with Crippen molar-refractivity contribution in [1.29, 1.82) is 0 Å². The first-order valence-electron chi connectivity index (χ1n) is 5.26. The zero-order chi connectivity index (χ0) is 10.7. The van der Waals surface area contributed by atoms with Crippen LogP contribution in [-0.2, 0) is 11.2 Å². The minimum absolute atomic E-state index is 0.0280. The Morgan fingerprint density at radius 3 is 2.60 bits per heavy atom. The van der Waals surface area contributed by atoms with Crippen molar-refractivity contribution in [2.75, 3.05) is 0 Å². The molecule has 78 valence electrons. The summed E-state index contributed by atoms with van der Waals surface area (Å²) in [6.45, 7) is 0. The van der Waals surface area contributed by atoms with Crippen LogP contribution in [-0.4, -0.2) is 11.8 Å². The van der Waals surface area contributed by atoms with E-state index in [1.807, 2.05) is 42.5 Å². The molecule has 2 unspecified atom stereocenters. The van der Waals surface area contributed by atoms with E-state index >= 15 is 0 Å². The molecule has 1 aromatic rings. The van der Waals surface area contributed by atoms with Crippen molar-refractivity contribution in [3.8, 4) is 0 Å². The van der Waals surface area contributed by atoms with Crippen LogP contribution in [0, 0.1) is 5.92 Å². The van der Waals surface area contributed by atoms with Crippen LogP contribution in [0.1, 0.15) is 12.0 Å². The topological polar surface area (TPSA) is 43.1 Å². The van der Waals surface area contributed by atoms with E-state index in [-0.39, 0.29) is 17.7 Å². The molecular weight excluding hydrogens is 186 g/mol. The summed E-state index contributed by atoms with van der Waals surface area (Å²) in [5.41, 5.74) is 6.80. The molecule has 2 heteroatoms. The van der Waals surface area contributed by atoms with Gasteiger partial charge in [-0.1, -0.05) is 42.5 Å². The van der Waals surface area contributed by atoms with Crippen LogP contribution in [0.4, 0.5) is 0 Å². The lowest BCUT2D eigenvalue weighted by molar-refractivity contribution is -0.120. The van der Waals surface area contributed by atoms with Crippen molar-refractivity contribution in [1.82, 2.24) is 0 Å². The Hall–Kier alpha value is -1.41. The normalized spacial score (nSPS) is 24.3. The summed E-state index contributed by atoms with van der Waals surface area (Å²) in [5, 5.41) is 0. The summed E-state index contributed by atoms with van der Waals surface area (Å²) >= 11 is 0. The van der Waals surface area contributed by atoms with Gasteiger partial charge in [0.15, 0.2) is 0 Å². The van der Waals surface area contributed by atoms with Gasteiger partial charge in [0, 0.05) is 18.4 Å². The van der Waals surface area contributed by atoms with Crippen LogP contribution in [0.2, 0.25) is 0 Å². The van der Waals surface area contributed by atoms with Gasteiger partial charge in [0.05, 0.1) is 0 Å². The van der Waals surface area contributed by atoms with Crippen LogP contribution >= 0.6 is 0 Å². The van der Waals surface area contributed by atoms with E-state index in [0.29, 0.717) is 6.42 Å². The van der Waals surface area contributed by atoms with Gasteiger partial charge in [-0.25, -0.2) is 0 Å². The molecule has 2 nitrogen and oxygen atoms in total. The molecule has 1 aliphatic rings. The maximum atomic E-state index is 11.9. The van der Waals surface area contributed by atoms with E-state index < -0.39 is 0 Å². The third kappa shape index (κ3) is 2.54. The molecule has 0 aliphatic heterocycles. The second kappa shape index (κ2) is 4.41. The monoisotopic (exact) mass is 201 g/mol. The molecular formula is C13H15NO. The van der Waals surface area contributed by atoms with Crippen molar-refractivity contribution in [3.05, 3.63) is 48.0 Å². The molecule has 0 bridgehead atoms. The molecule has 0 saturated heterocycles. The van der Waals surface area contributed by atoms with Crippen LogP contribution in [0.25, 0.3) is 0 Å². The smallest absolute Gasteiger partial charge is 0.144 e. The predicted molar refractivity (Wildman–Crippen MR) is 60.4 cm³/mol. The molecule has 0 spiro atoms. The van der Waals surface area contributed by atoms with Gasteiger partial charge in [-0.2, -0.15) is 0 Å². The quantitative estimate of drug-likeness (QED) is 0.756. The summed E-state index contributed by atoms with van der Waals surface area (Å²) in [6.07, 6.45) is 5.15. The second-order valence-electron chi connectivity index (χ2n) is 4.02. The highest BCUT2D eigenvalue weighted by Crippen LogP contribution is 2.19. The Morgan fingerprint density at radius 2 is 2.00 bits per heavy atom. The largest absolute Gasteiger partial charge is 0.324 e. The number of carbonyl (C=O) groups excluding carboxylic acids is 1. The highest BCUT2D eigenvalue weighted by atomic mass is 16.1. The van der Waals surface area contributed by atoms with Crippen LogP contribution in [0.3, 0.4) is 0 Å². The first-order valence-corrected chi connectivity index (χ1v) is 5.26. The average molecular weight is 201 g/mol. The number of allylic oxidation sites excluding steroid dienone is 1.